The fourth-order valence-corrected chi connectivity index (χ4v) is 0.887. The lowest BCUT2D eigenvalue weighted by atomic mass is 10.1. The minimum Gasteiger partial charge on any atom is -0.370 e. The molecule has 0 aliphatic rings. The molecule has 0 aromatic carbocycles. The summed E-state index contributed by atoms with van der Waals surface area (Å²) in [5.74, 6) is 0.137. The third-order valence-corrected chi connectivity index (χ3v) is 1.74. The van der Waals surface area contributed by atoms with Crippen molar-refractivity contribution in [2.24, 2.45) is 22.2 Å². The van der Waals surface area contributed by atoms with E-state index in [0.29, 0.717) is 13.0 Å². The highest BCUT2D eigenvalue weighted by atomic mass is 16.1. The summed E-state index contributed by atoms with van der Waals surface area (Å²) >= 11 is 0. The Morgan fingerprint density at radius 1 is 1.27 bits per heavy atom. The van der Waals surface area contributed by atoms with E-state index in [1.165, 1.54) is 6.92 Å². The van der Waals surface area contributed by atoms with Gasteiger partial charge in [-0.3, -0.25) is 9.79 Å². The van der Waals surface area contributed by atoms with Crippen molar-refractivity contribution in [3.8, 4) is 0 Å². The van der Waals surface area contributed by atoms with Crippen LogP contribution in [-0.2, 0) is 4.79 Å². The Labute approximate surface area is 92.1 Å². The lowest BCUT2D eigenvalue weighted by Crippen LogP contribution is -2.28. The summed E-state index contributed by atoms with van der Waals surface area (Å²) in [6.45, 7) is 6.10. The number of rotatable bonds is 6. The topological polar surface area (TPSA) is 107 Å². The summed E-state index contributed by atoms with van der Waals surface area (Å²) in [5, 5.41) is 0. The Hall–Kier alpha value is -1.10. The zero-order valence-electron chi connectivity index (χ0n) is 9.99. The van der Waals surface area contributed by atoms with Crippen molar-refractivity contribution in [3.63, 3.8) is 0 Å². The summed E-state index contributed by atoms with van der Waals surface area (Å²) in [6.07, 6.45) is 2.44. The van der Waals surface area contributed by atoms with Crippen LogP contribution in [0.1, 0.15) is 40.0 Å². The van der Waals surface area contributed by atoms with Crippen LogP contribution in [0, 0.1) is 0 Å². The first kappa shape index (κ1) is 16.3. The van der Waals surface area contributed by atoms with Crippen LogP contribution in [0.4, 0.5) is 0 Å². The molecule has 0 aromatic heterocycles. The molecule has 0 saturated carbocycles. The number of hydrogen-bond donors (Lipinski definition) is 3. The normalized spacial score (nSPS) is 10.9. The van der Waals surface area contributed by atoms with Gasteiger partial charge in [-0.05, 0) is 26.2 Å². The second kappa shape index (κ2) is 11.0. The summed E-state index contributed by atoms with van der Waals surface area (Å²) in [6, 6.07) is -0.334. The van der Waals surface area contributed by atoms with Crippen molar-refractivity contribution in [1.29, 1.82) is 0 Å². The average Bonchev–Trinajstić information content (AvgIpc) is 2.19. The van der Waals surface area contributed by atoms with Crippen LogP contribution < -0.4 is 17.2 Å². The van der Waals surface area contributed by atoms with Gasteiger partial charge in [0, 0.05) is 6.54 Å². The number of nitrogens with two attached hydrogens (primary N) is 3. The molecule has 0 rings (SSSR count). The Balaban J connectivity index is 0. The van der Waals surface area contributed by atoms with Gasteiger partial charge in [0.25, 0.3) is 0 Å². The van der Waals surface area contributed by atoms with E-state index in [1.807, 2.05) is 13.8 Å². The zero-order valence-corrected chi connectivity index (χ0v) is 9.99. The molecule has 0 spiro atoms. The summed E-state index contributed by atoms with van der Waals surface area (Å²) in [4.78, 5) is 14.5. The smallest absolute Gasteiger partial charge is 0.185 e. The fourth-order valence-electron chi connectivity index (χ4n) is 0.887. The number of unbranched alkanes of at least 4 members (excludes halogenated alkanes) is 1. The van der Waals surface area contributed by atoms with Crippen molar-refractivity contribution in [1.82, 2.24) is 0 Å². The highest BCUT2D eigenvalue weighted by Gasteiger charge is 2.06. The zero-order chi connectivity index (χ0) is 12.3. The minimum absolute atomic E-state index is 0.0295. The molecule has 5 nitrogen and oxygen atoms in total. The van der Waals surface area contributed by atoms with Gasteiger partial charge in [0.05, 0.1) is 6.04 Å². The van der Waals surface area contributed by atoms with Crippen LogP contribution in [0.5, 0.6) is 0 Å². The van der Waals surface area contributed by atoms with Gasteiger partial charge < -0.3 is 17.2 Å². The third kappa shape index (κ3) is 12.9. The number of carbonyl (C=O) groups excluding carboxylic acids is 1. The summed E-state index contributed by atoms with van der Waals surface area (Å²) in [7, 11) is 0. The Kier molecular flexibility index (Phi) is 12.0. The van der Waals surface area contributed by atoms with Crippen molar-refractivity contribution in [2.45, 2.75) is 46.1 Å². The quantitative estimate of drug-likeness (QED) is 0.339. The molecule has 0 fully saturated rings. The lowest BCUT2D eigenvalue weighted by Gasteiger charge is -2.05. The molecule has 0 saturated heterocycles. The van der Waals surface area contributed by atoms with Crippen LogP contribution in [0.2, 0.25) is 0 Å². The van der Waals surface area contributed by atoms with Crippen LogP contribution in [0.3, 0.4) is 0 Å². The number of hydrogen-bond acceptors (Lipinski definition) is 3. The minimum atomic E-state index is -0.334. The van der Waals surface area contributed by atoms with Gasteiger partial charge in [0.15, 0.2) is 5.96 Å². The van der Waals surface area contributed by atoms with Gasteiger partial charge in [-0.25, -0.2) is 0 Å². The molecule has 0 bridgehead atoms. The van der Waals surface area contributed by atoms with Gasteiger partial charge in [-0.15, -0.1) is 0 Å². The Morgan fingerprint density at radius 3 is 2.20 bits per heavy atom. The molecular weight excluding hydrogens is 192 g/mol. The molecule has 6 N–H and O–H groups in total. The fraction of sp³-hybridized carbons (Fsp3) is 0.800. The Morgan fingerprint density at radius 2 is 1.80 bits per heavy atom. The highest BCUT2D eigenvalue weighted by Crippen LogP contribution is 1.99. The summed E-state index contributed by atoms with van der Waals surface area (Å²) < 4.78 is 0. The standard InChI is InChI=1S/C8H18N4O.C2H6/c1-6(13)7(9)4-2-3-5-12-8(10)11;1-2/h7H,2-5,9H2,1H3,(H4,10,11,12);1-2H3. The predicted octanol–water partition coefficient (Wildman–Crippen LogP) is 0.373. The van der Waals surface area contributed by atoms with Crippen LogP contribution in [-0.4, -0.2) is 24.3 Å². The first-order valence-electron chi connectivity index (χ1n) is 5.35. The molecule has 15 heavy (non-hydrogen) atoms. The second-order valence-electron chi connectivity index (χ2n) is 3.02. The van der Waals surface area contributed by atoms with E-state index in [9.17, 15) is 4.79 Å². The molecule has 0 radical (unpaired) electrons. The van der Waals surface area contributed by atoms with E-state index in [1.54, 1.807) is 0 Å². The van der Waals surface area contributed by atoms with E-state index in [2.05, 4.69) is 4.99 Å². The molecule has 0 amide bonds. The maximum Gasteiger partial charge on any atom is 0.185 e. The van der Waals surface area contributed by atoms with E-state index < -0.39 is 0 Å². The number of Topliss-reactive ketones (excluding diaryl/α,β-unsaturated/α-hetero) is 1. The van der Waals surface area contributed by atoms with E-state index in [0.717, 1.165) is 12.8 Å². The van der Waals surface area contributed by atoms with Crippen molar-refractivity contribution >= 4 is 11.7 Å². The van der Waals surface area contributed by atoms with E-state index >= 15 is 0 Å². The van der Waals surface area contributed by atoms with Gasteiger partial charge in [0.2, 0.25) is 0 Å². The second-order valence-corrected chi connectivity index (χ2v) is 3.02. The number of carbonyl (C=O) groups is 1. The third-order valence-electron chi connectivity index (χ3n) is 1.74. The van der Waals surface area contributed by atoms with Crippen molar-refractivity contribution in [2.75, 3.05) is 6.54 Å². The van der Waals surface area contributed by atoms with Crippen LogP contribution in [0.15, 0.2) is 4.99 Å². The molecule has 90 valence electrons. The first-order chi connectivity index (χ1) is 7.04. The molecule has 5 heteroatoms. The largest absolute Gasteiger partial charge is 0.370 e. The van der Waals surface area contributed by atoms with E-state index in [-0.39, 0.29) is 17.8 Å². The monoisotopic (exact) mass is 216 g/mol. The highest BCUT2D eigenvalue weighted by molar-refractivity contribution is 5.81. The molecular formula is C10H24N4O. The van der Waals surface area contributed by atoms with E-state index in [4.69, 9.17) is 17.2 Å². The molecule has 0 aromatic rings. The molecule has 0 aliphatic carbocycles. The molecule has 0 heterocycles. The number of nitrogens with zero attached hydrogens (tertiary/aromatic N) is 1. The van der Waals surface area contributed by atoms with Gasteiger partial charge >= 0.3 is 0 Å². The van der Waals surface area contributed by atoms with Crippen molar-refractivity contribution in [3.05, 3.63) is 0 Å². The van der Waals surface area contributed by atoms with Gasteiger partial charge in [0.1, 0.15) is 5.78 Å². The summed E-state index contributed by atoms with van der Waals surface area (Å²) in [5.41, 5.74) is 15.8. The molecule has 0 aliphatic heterocycles. The average molecular weight is 216 g/mol. The number of ketones is 1. The maximum absolute atomic E-state index is 10.7. The van der Waals surface area contributed by atoms with Crippen molar-refractivity contribution < 1.29 is 4.79 Å². The molecule has 1 unspecified atom stereocenters. The Bertz CT molecular complexity index is 188. The SMILES string of the molecule is CC.CC(=O)C(N)CCCCN=C(N)N. The number of aliphatic imine (C=N–C) groups is 1. The first-order valence-corrected chi connectivity index (χ1v) is 5.35. The van der Waals surface area contributed by atoms with Gasteiger partial charge in [-0.1, -0.05) is 13.8 Å². The molecule has 1 atom stereocenters. The predicted molar refractivity (Wildman–Crippen MR) is 64.5 cm³/mol. The van der Waals surface area contributed by atoms with Gasteiger partial charge in [-0.2, -0.15) is 0 Å². The lowest BCUT2D eigenvalue weighted by molar-refractivity contribution is -0.118. The maximum atomic E-state index is 10.7. The van der Waals surface area contributed by atoms with Crippen LogP contribution >= 0.6 is 0 Å². The number of guanidine groups is 1. The van der Waals surface area contributed by atoms with Crippen LogP contribution in [0.25, 0.3) is 0 Å².